The number of nitrogens with one attached hydrogen (secondary N) is 3. The number of nitrogens with zero attached hydrogens (tertiary/aromatic N) is 1. The van der Waals surface area contributed by atoms with E-state index in [-0.39, 0.29) is 25.4 Å². The van der Waals surface area contributed by atoms with Crippen LogP contribution in [0.3, 0.4) is 0 Å². The number of methoxy groups -OCH3 is 2. The number of halogens is 1. The number of hydrazone groups is 1. The Morgan fingerprint density at radius 1 is 1.09 bits per heavy atom. The molecule has 0 fully saturated rings. The number of carbonyl (C=O) groups is 3. The number of ether oxygens (including phenoxy) is 6. The van der Waals surface area contributed by atoms with E-state index in [9.17, 15) is 19.5 Å². The molecule has 2 amide bonds. The molecule has 1 aliphatic rings. The molecule has 0 unspecified atom stereocenters. The Morgan fingerprint density at radius 3 is 2.55 bits per heavy atom. The second-order valence-electron chi connectivity index (χ2n) is 9.04. The molecular formula is C29H35IN4O10. The first-order valence-corrected chi connectivity index (χ1v) is 14.6. The van der Waals surface area contributed by atoms with E-state index in [1.165, 1.54) is 20.4 Å². The molecule has 1 heterocycles. The number of amides is 2. The van der Waals surface area contributed by atoms with Crippen LogP contribution in [0.1, 0.15) is 37.9 Å². The smallest absolute Gasteiger partial charge is 0.344 e. The molecule has 0 aliphatic carbocycles. The highest BCUT2D eigenvalue weighted by Gasteiger charge is 2.32. The predicted molar refractivity (Wildman–Crippen MR) is 167 cm³/mol. The maximum atomic E-state index is 12.4. The molecule has 0 bridgehead atoms. The summed E-state index contributed by atoms with van der Waals surface area (Å²) in [4.78, 5) is 36.2. The van der Waals surface area contributed by atoms with Gasteiger partial charge in [-0.3, -0.25) is 5.43 Å². The zero-order chi connectivity index (χ0) is 32.2. The monoisotopic (exact) mass is 726 g/mol. The Balaban J connectivity index is 1.66. The molecule has 0 saturated carbocycles. The van der Waals surface area contributed by atoms with Crippen LogP contribution in [0.15, 0.2) is 46.7 Å². The Hall–Kier alpha value is -4.25. The maximum absolute atomic E-state index is 12.4. The Labute approximate surface area is 268 Å². The predicted octanol–water partition coefficient (Wildman–Crippen LogP) is 2.76. The van der Waals surface area contributed by atoms with E-state index in [1.54, 1.807) is 51.1 Å². The molecule has 44 heavy (non-hydrogen) atoms. The summed E-state index contributed by atoms with van der Waals surface area (Å²) < 4.78 is 32.9. The SMILES string of the molecule is CCOC(=O)COc1c(I)cc(/C=N\N[C@@H](O)COc2ccc([C@H]3NC(=O)NC(C)=C3C(=O)OC)cc2OCC)cc1OC. The van der Waals surface area contributed by atoms with E-state index in [4.69, 9.17) is 28.4 Å². The molecule has 0 spiro atoms. The van der Waals surface area contributed by atoms with Crippen molar-refractivity contribution in [2.45, 2.75) is 33.0 Å². The Kier molecular flexibility index (Phi) is 12.9. The van der Waals surface area contributed by atoms with Crippen molar-refractivity contribution >= 4 is 46.8 Å². The fourth-order valence-corrected chi connectivity index (χ4v) is 4.89. The van der Waals surface area contributed by atoms with Gasteiger partial charge in [0.2, 0.25) is 0 Å². The zero-order valence-electron chi connectivity index (χ0n) is 24.9. The van der Waals surface area contributed by atoms with Crippen LogP contribution in [-0.2, 0) is 19.1 Å². The minimum Gasteiger partial charge on any atom is -0.493 e. The molecule has 0 radical (unpaired) electrons. The Morgan fingerprint density at radius 2 is 1.86 bits per heavy atom. The number of rotatable bonds is 15. The van der Waals surface area contributed by atoms with Crippen molar-refractivity contribution in [1.82, 2.24) is 16.1 Å². The van der Waals surface area contributed by atoms with E-state index in [0.29, 0.717) is 50.0 Å². The number of hydrogen-bond acceptors (Lipinski definition) is 12. The van der Waals surface area contributed by atoms with E-state index < -0.39 is 30.2 Å². The molecule has 2 atom stereocenters. The van der Waals surface area contributed by atoms with Crippen LogP contribution in [0.4, 0.5) is 4.79 Å². The molecule has 2 aromatic rings. The lowest BCUT2D eigenvalue weighted by molar-refractivity contribution is -0.145. The number of urea groups is 1. The summed E-state index contributed by atoms with van der Waals surface area (Å²) in [7, 11) is 2.74. The molecule has 15 heteroatoms. The summed E-state index contributed by atoms with van der Waals surface area (Å²) in [6.45, 7) is 5.26. The topological polar surface area (TPSA) is 175 Å². The van der Waals surface area contributed by atoms with Crippen LogP contribution < -0.4 is 35.0 Å². The van der Waals surface area contributed by atoms with Gasteiger partial charge in [-0.1, -0.05) is 6.07 Å². The summed E-state index contributed by atoms with van der Waals surface area (Å²) in [6, 6.07) is 7.15. The lowest BCUT2D eigenvalue weighted by Gasteiger charge is -2.28. The standard InChI is InChI=1S/C29H35IN4O10/c1-6-41-21-12-18(26-25(28(37)40-5)16(3)32-29(38)33-26)8-9-20(21)43-14-23(35)34-31-13-17-10-19(30)27(22(11-17)39-4)44-15-24(36)42-7-2/h8-13,23,26,34-35H,6-7,14-15H2,1-5H3,(H2,32,33,38)/b31-13-/t23-,26+/m0/s1. The van der Waals surface area contributed by atoms with Gasteiger partial charge in [0, 0.05) is 5.70 Å². The molecule has 2 aromatic carbocycles. The van der Waals surface area contributed by atoms with Crippen molar-refractivity contribution in [1.29, 1.82) is 0 Å². The van der Waals surface area contributed by atoms with Crippen LogP contribution >= 0.6 is 22.6 Å². The van der Waals surface area contributed by atoms with Gasteiger partial charge in [-0.15, -0.1) is 0 Å². The third-order valence-electron chi connectivity index (χ3n) is 6.00. The molecule has 238 valence electrons. The minimum atomic E-state index is -1.19. The quantitative estimate of drug-likeness (QED) is 0.0699. The number of carbonyl (C=O) groups excluding carboxylic acids is 3. The first kappa shape index (κ1) is 34.2. The number of aliphatic hydroxyl groups is 1. The molecule has 3 rings (SSSR count). The van der Waals surface area contributed by atoms with Gasteiger partial charge in [0.25, 0.3) is 0 Å². The van der Waals surface area contributed by atoms with Gasteiger partial charge < -0.3 is 44.2 Å². The van der Waals surface area contributed by atoms with Crippen molar-refractivity contribution in [3.8, 4) is 23.0 Å². The van der Waals surface area contributed by atoms with E-state index >= 15 is 0 Å². The van der Waals surface area contributed by atoms with Crippen LogP contribution in [0.5, 0.6) is 23.0 Å². The maximum Gasteiger partial charge on any atom is 0.344 e. The lowest BCUT2D eigenvalue weighted by Crippen LogP contribution is -2.45. The zero-order valence-corrected chi connectivity index (χ0v) is 27.1. The highest BCUT2D eigenvalue weighted by Crippen LogP contribution is 2.35. The van der Waals surface area contributed by atoms with Gasteiger partial charge in [-0.25, -0.2) is 14.4 Å². The highest BCUT2D eigenvalue weighted by atomic mass is 127. The van der Waals surface area contributed by atoms with Crippen molar-refractivity contribution in [3.05, 3.63) is 56.3 Å². The largest absolute Gasteiger partial charge is 0.493 e. The molecular weight excluding hydrogens is 691 g/mol. The minimum absolute atomic E-state index is 0.186. The first-order chi connectivity index (χ1) is 21.1. The summed E-state index contributed by atoms with van der Waals surface area (Å²) in [6.07, 6.45) is 0.291. The third-order valence-corrected chi connectivity index (χ3v) is 6.80. The number of aliphatic hydroxyl groups excluding tert-OH is 1. The number of allylic oxidation sites excluding steroid dienone is 1. The second kappa shape index (κ2) is 16.6. The number of benzene rings is 2. The van der Waals surface area contributed by atoms with Crippen molar-refractivity contribution in [3.63, 3.8) is 0 Å². The van der Waals surface area contributed by atoms with Gasteiger partial charge in [0.05, 0.1) is 48.8 Å². The average molecular weight is 727 g/mol. The van der Waals surface area contributed by atoms with Gasteiger partial charge in [0.1, 0.15) is 6.61 Å². The number of hydrogen-bond donors (Lipinski definition) is 4. The highest BCUT2D eigenvalue weighted by molar-refractivity contribution is 14.1. The van der Waals surface area contributed by atoms with Gasteiger partial charge in [-0.05, 0) is 78.8 Å². The molecule has 14 nitrogen and oxygen atoms in total. The van der Waals surface area contributed by atoms with Crippen LogP contribution in [-0.4, -0.2) is 76.2 Å². The molecule has 0 aromatic heterocycles. The van der Waals surface area contributed by atoms with Crippen molar-refractivity contribution < 1.29 is 47.9 Å². The van der Waals surface area contributed by atoms with E-state index in [1.807, 2.05) is 0 Å². The third kappa shape index (κ3) is 9.12. The van der Waals surface area contributed by atoms with E-state index in [2.05, 4.69) is 43.8 Å². The number of esters is 2. The fraction of sp³-hybridized carbons (Fsp3) is 0.379. The normalized spacial score (nSPS) is 15.2. The van der Waals surface area contributed by atoms with Crippen molar-refractivity contribution in [2.75, 3.05) is 40.6 Å². The van der Waals surface area contributed by atoms with E-state index in [0.717, 1.165) is 0 Å². The van der Waals surface area contributed by atoms with Crippen molar-refractivity contribution in [2.24, 2.45) is 5.10 Å². The average Bonchev–Trinajstić information content (AvgIpc) is 2.99. The summed E-state index contributed by atoms with van der Waals surface area (Å²) in [5, 5.41) is 19.8. The molecule has 1 aliphatic heterocycles. The van der Waals surface area contributed by atoms with Gasteiger partial charge in [-0.2, -0.15) is 5.10 Å². The van der Waals surface area contributed by atoms with Crippen LogP contribution in [0.25, 0.3) is 0 Å². The second-order valence-corrected chi connectivity index (χ2v) is 10.2. The summed E-state index contributed by atoms with van der Waals surface area (Å²) in [5.74, 6) is 0.397. The fourth-order valence-electron chi connectivity index (χ4n) is 4.11. The van der Waals surface area contributed by atoms with Gasteiger partial charge >= 0.3 is 18.0 Å². The van der Waals surface area contributed by atoms with Gasteiger partial charge in [0.15, 0.2) is 35.8 Å². The Bertz CT molecular complexity index is 1410. The van der Waals surface area contributed by atoms with Crippen LogP contribution in [0.2, 0.25) is 0 Å². The molecule has 4 N–H and O–H groups in total. The first-order valence-electron chi connectivity index (χ1n) is 13.5. The van der Waals surface area contributed by atoms with Crippen LogP contribution in [0, 0.1) is 3.57 Å². The lowest BCUT2D eigenvalue weighted by atomic mass is 9.95. The summed E-state index contributed by atoms with van der Waals surface area (Å²) >= 11 is 2.05. The molecule has 0 saturated heterocycles. The summed E-state index contributed by atoms with van der Waals surface area (Å²) in [5.41, 5.74) is 4.44.